The number of guanidine groups is 1. The number of nitrogens with zero attached hydrogens (tertiary/aromatic N) is 1. The topological polar surface area (TPSA) is 64.1 Å². The fraction of sp³-hybridized carbons (Fsp3) is 0.929. The van der Waals surface area contributed by atoms with E-state index in [1.165, 1.54) is 12.8 Å². The van der Waals surface area contributed by atoms with Crippen molar-refractivity contribution in [2.45, 2.75) is 43.9 Å². The summed E-state index contributed by atoms with van der Waals surface area (Å²) < 4.78 is 16.2. The first-order valence-corrected chi connectivity index (χ1v) is 7.53. The Labute approximate surface area is 144 Å². The summed E-state index contributed by atoms with van der Waals surface area (Å²) in [6, 6.07) is 0.415. The standard InChI is InChI=1S/C14H27N3O3.HI/c1-15-14(16-6-3-7-19-9-8-18-2)17-12-10-11-4-5-13(12)20-11;/h11-13H,3-10H2,1-2H3,(H2,15,16,17);1H. The van der Waals surface area contributed by atoms with Crippen LogP contribution in [0.1, 0.15) is 25.7 Å². The van der Waals surface area contributed by atoms with Crippen molar-refractivity contribution in [3.05, 3.63) is 0 Å². The Balaban J connectivity index is 0.00000220. The second-order valence-corrected chi connectivity index (χ2v) is 5.32. The number of nitrogens with one attached hydrogen (secondary N) is 2. The van der Waals surface area contributed by atoms with Gasteiger partial charge in [-0.3, -0.25) is 4.99 Å². The van der Waals surface area contributed by atoms with E-state index in [0.29, 0.717) is 31.5 Å². The van der Waals surface area contributed by atoms with Gasteiger partial charge < -0.3 is 24.8 Å². The van der Waals surface area contributed by atoms with Crippen molar-refractivity contribution in [2.24, 2.45) is 4.99 Å². The van der Waals surface area contributed by atoms with E-state index in [4.69, 9.17) is 14.2 Å². The fourth-order valence-electron chi connectivity index (χ4n) is 2.79. The predicted octanol–water partition coefficient (Wildman–Crippen LogP) is 1.14. The monoisotopic (exact) mass is 413 g/mol. The highest BCUT2D eigenvalue weighted by molar-refractivity contribution is 14.0. The molecule has 0 aromatic heterocycles. The summed E-state index contributed by atoms with van der Waals surface area (Å²) in [5.74, 6) is 0.864. The fourth-order valence-corrected chi connectivity index (χ4v) is 2.79. The maximum Gasteiger partial charge on any atom is 0.191 e. The number of rotatable bonds is 8. The smallest absolute Gasteiger partial charge is 0.191 e. The summed E-state index contributed by atoms with van der Waals surface area (Å²) in [7, 11) is 3.48. The number of fused-ring (bicyclic) bond motifs is 2. The average molecular weight is 413 g/mol. The molecular formula is C14H28IN3O3. The quantitative estimate of drug-likeness (QED) is 0.271. The molecular weight excluding hydrogens is 385 g/mol. The molecule has 0 aromatic carbocycles. The van der Waals surface area contributed by atoms with Crippen LogP contribution in [-0.2, 0) is 14.2 Å². The van der Waals surface area contributed by atoms with Gasteiger partial charge in [0.25, 0.3) is 0 Å². The van der Waals surface area contributed by atoms with Gasteiger partial charge in [-0.1, -0.05) is 0 Å². The second-order valence-electron chi connectivity index (χ2n) is 5.32. The normalized spacial score (nSPS) is 27.5. The number of hydrogen-bond acceptors (Lipinski definition) is 4. The molecule has 2 aliphatic rings. The summed E-state index contributed by atoms with van der Waals surface area (Å²) in [5.41, 5.74) is 0. The molecule has 3 unspecified atom stereocenters. The molecule has 124 valence electrons. The number of ether oxygens (including phenoxy) is 3. The van der Waals surface area contributed by atoms with E-state index >= 15 is 0 Å². The lowest BCUT2D eigenvalue weighted by atomic mass is 9.96. The lowest BCUT2D eigenvalue weighted by Crippen LogP contribution is -2.47. The lowest BCUT2D eigenvalue weighted by Gasteiger charge is -2.22. The molecule has 0 amide bonds. The minimum absolute atomic E-state index is 0. The summed E-state index contributed by atoms with van der Waals surface area (Å²) >= 11 is 0. The zero-order chi connectivity index (χ0) is 14.2. The average Bonchev–Trinajstić information content (AvgIpc) is 3.07. The highest BCUT2D eigenvalue weighted by Crippen LogP contribution is 2.34. The molecule has 7 heteroatoms. The Kier molecular flexibility index (Phi) is 9.54. The number of methoxy groups -OCH3 is 1. The molecule has 0 spiro atoms. The predicted molar refractivity (Wildman–Crippen MR) is 93.5 cm³/mol. The molecule has 2 saturated heterocycles. The van der Waals surface area contributed by atoms with Gasteiger partial charge in [-0.05, 0) is 25.7 Å². The van der Waals surface area contributed by atoms with Gasteiger partial charge in [0.05, 0.1) is 31.5 Å². The Morgan fingerprint density at radius 1 is 1.29 bits per heavy atom. The molecule has 2 heterocycles. The lowest BCUT2D eigenvalue weighted by molar-refractivity contribution is 0.0698. The van der Waals surface area contributed by atoms with Crippen LogP contribution in [0.2, 0.25) is 0 Å². The third kappa shape index (κ3) is 6.25. The van der Waals surface area contributed by atoms with Gasteiger partial charge in [0.2, 0.25) is 0 Å². The maximum atomic E-state index is 5.83. The molecule has 2 N–H and O–H groups in total. The maximum absolute atomic E-state index is 5.83. The van der Waals surface area contributed by atoms with Crippen LogP contribution in [0.5, 0.6) is 0 Å². The summed E-state index contributed by atoms with van der Waals surface area (Å²) in [6.07, 6.45) is 5.28. The zero-order valence-electron chi connectivity index (χ0n) is 13.0. The van der Waals surface area contributed by atoms with E-state index in [2.05, 4.69) is 15.6 Å². The summed E-state index contributed by atoms with van der Waals surface area (Å²) in [6.45, 7) is 2.91. The highest BCUT2D eigenvalue weighted by Gasteiger charge is 2.40. The SMILES string of the molecule is CN=C(NCCCOCCOC)NC1CC2CCC1O2.I. The second kappa shape index (κ2) is 10.6. The molecule has 2 aliphatic heterocycles. The Hall–Kier alpha value is -0.120. The molecule has 3 atom stereocenters. The minimum atomic E-state index is 0. The van der Waals surface area contributed by atoms with Gasteiger partial charge in [-0.25, -0.2) is 0 Å². The first-order valence-electron chi connectivity index (χ1n) is 7.53. The molecule has 0 aromatic rings. The zero-order valence-corrected chi connectivity index (χ0v) is 15.3. The van der Waals surface area contributed by atoms with Crippen LogP contribution in [0.15, 0.2) is 4.99 Å². The van der Waals surface area contributed by atoms with E-state index in [1.807, 2.05) is 0 Å². The van der Waals surface area contributed by atoms with Crippen molar-refractivity contribution in [1.29, 1.82) is 0 Å². The van der Waals surface area contributed by atoms with Gasteiger partial charge in [0, 0.05) is 27.3 Å². The van der Waals surface area contributed by atoms with Crippen molar-refractivity contribution >= 4 is 29.9 Å². The first-order chi connectivity index (χ1) is 9.83. The van der Waals surface area contributed by atoms with Crippen molar-refractivity contribution in [3.8, 4) is 0 Å². The molecule has 0 saturated carbocycles. The van der Waals surface area contributed by atoms with Gasteiger partial charge in [-0.15, -0.1) is 24.0 Å². The van der Waals surface area contributed by atoms with Crippen LogP contribution in [-0.4, -0.2) is 64.7 Å². The van der Waals surface area contributed by atoms with Gasteiger partial charge in [0.15, 0.2) is 5.96 Å². The van der Waals surface area contributed by atoms with Crippen molar-refractivity contribution in [3.63, 3.8) is 0 Å². The van der Waals surface area contributed by atoms with E-state index in [0.717, 1.165) is 32.0 Å². The Bertz CT molecular complexity index is 318. The molecule has 2 fully saturated rings. The number of aliphatic imine (C=N–C) groups is 1. The molecule has 0 radical (unpaired) electrons. The Morgan fingerprint density at radius 3 is 2.76 bits per heavy atom. The third-order valence-corrected chi connectivity index (χ3v) is 3.84. The van der Waals surface area contributed by atoms with Crippen LogP contribution in [0.25, 0.3) is 0 Å². The van der Waals surface area contributed by atoms with Crippen molar-refractivity contribution in [2.75, 3.05) is 40.5 Å². The molecule has 2 bridgehead atoms. The van der Waals surface area contributed by atoms with Crippen molar-refractivity contribution < 1.29 is 14.2 Å². The number of hydrogen-bond donors (Lipinski definition) is 2. The van der Waals surface area contributed by atoms with Crippen LogP contribution in [0.3, 0.4) is 0 Å². The molecule has 6 nitrogen and oxygen atoms in total. The van der Waals surface area contributed by atoms with Gasteiger partial charge in [0.1, 0.15) is 0 Å². The Morgan fingerprint density at radius 2 is 2.14 bits per heavy atom. The van der Waals surface area contributed by atoms with Crippen LogP contribution >= 0.6 is 24.0 Å². The summed E-state index contributed by atoms with van der Waals surface area (Å²) in [5, 5.41) is 6.78. The van der Waals surface area contributed by atoms with Gasteiger partial charge >= 0.3 is 0 Å². The molecule has 2 rings (SSSR count). The minimum Gasteiger partial charge on any atom is -0.382 e. The highest BCUT2D eigenvalue weighted by atomic mass is 127. The first kappa shape index (κ1) is 18.9. The van der Waals surface area contributed by atoms with Crippen LogP contribution in [0, 0.1) is 0 Å². The van der Waals surface area contributed by atoms with Crippen LogP contribution in [0.4, 0.5) is 0 Å². The van der Waals surface area contributed by atoms with Crippen molar-refractivity contribution in [1.82, 2.24) is 10.6 Å². The molecule has 21 heavy (non-hydrogen) atoms. The molecule has 0 aliphatic carbocycles. The number of halogens is 1. The van der Waals surface area contributed by atoms with E-state index in [9.17, 15) is 0 Å². The van der Waals surface area contributed by atoms with E-state index < -0.39 is 0 Å². The van der Waals surface area contributed by atoms with E-state index in [-0.39, 0.29) is 24.0 Å². The third-order valence-electron chi connectivity index (χ3n) is 3.84. The largest absolute Gasteiger partial charge is 0.382 e. The summed E-state index contributed by atoms with van der Waals surface area (Å²) in [4.78, 5) is 4.26. The van der Waals surface area contributed by atoms with E-state index in [1.54, 1.807) is 14.2 Å². The van der Waals surface area contributed by atoms with Gasteiger partial charge in [-0.2, -0.15) is 0 Å². The van der Waals surface area contributed by atoms with Crippen LogP contribution < -0.4 is 10.6 Å².